The summed E-state index contributed by atoms with van der Waals surface area (Å²) < 4.78 is 4.92. The van der Waals surface area contributed by atoms with Crippen molar-refractivity contribution < 1.29 is 14.3 Å². The Bertz CT molecular complexity index is 542. The molecule has 6 heteroatoms. The molecule has 1 aliphatic heterocycles. The maximum Gasteiger partial charge on any atom is 0.253 e. The van der Waals surface area contributed by atoms with Gasteiger partial charge in [-0.1, -0.05) is 12.1 Å². The molecule has 0 radical (unpaired) electrons. The van der Waals surface area contributed by atoms with Crippen LogP contribution in [0.1, 0.15) is 35.7 Å². The van der Waals surface area contributed by atoms with E-state index in [1.54, 1.807) is 18.9 Å². The Morgan fingerprint density at radius 1 is 1.25 bits per heavy atom. The minimum Gasteiger partial charge on any atom is -0.383 e. The third-order valence-electron chi connectivity index (χ3n) is 4.07. The highest BCUT2D eigenvalue weighted by Crippen LogP contribution is 2.19. The van der Waals surface area contributed by atoms with E-state index in [2.05, 4.69) is 5.32 Å². The third-order valence-corrected chi connectivity index (χ3v) is 5.28. The number of nitrogens with one attached hydrogen (secondary N) is 1. The van der Waals surface area contributed by atoms with Crippen molar-refractivity contribution in [2.75, 3.05) is 33.4 Å². The molecule has 1 fully saturated rings. The number of hydrogen-bond acceptors (Lipinski definition) is 4. The van der Waals surface area contributed by atoms with E-state index in [0.29, 0.717) is 13.2 Å². The van der Waals surface area contributed by atoms with Crippen molar-refractivity contribution in [2.24, 2.45) is 0 Å². The average molecular weight is 350 g/mol. The molecule has 24 heavy (non-hydrogen) atoms. The lowest BCUT2D eigenvalue weighted by Gasteiger charge is -2.15. The molecule has 2 rings (SSSR count). The number of thioether (sulfide) groups is 1. The summed E-state index contributed by atoms with van der Waals surface area (Å²) in [6, 6.07) is 7.73. The Morgan fingerprint density at radius 2 is 1.92 bits per heavy atom. The Hall–Kier alpha value is -1.53. The Kier molecular flexibility index (Phi) is 7.59. The standard InChI is InChI=1S/C18H26N2O3S/c1-14(17(21)19-9-12-23-2)24-13-15-5-7-16(8-6-15)18(22)20-10-3-4-11-20/h5-8,14H,3-4,9-13H2,1-2H3,(H,19,21)/t14-/m1/s1. The van der Waals surface area contributed by atoms with Gasteiger partial charge in [0.2, 0.25) is 5.91 Å². The van der Waals surface area contributed by atoms with E-state index >= 15 is 0 Å². The number of methoxy groups -OCH3 is 1. The minimum atomic E-state index is -0.118. The third kappa shape index (κ3) is 5.53. The van der Waals surface area contributed by atoms with Crippen LogP contribution < -0.4 is 5.32 Å². The summed E-state index contributed by atoms with van der Waals surface area (Å²) in [4.78, 5) is 26.1. The predicted molar refractivity (Wildman–Crippen MR) is 97.2 cm³/mol. The molecule has 1 atom stereocenters. The fourth-order valence-corrected chi connectivity index (χ4v) is 3.43. The zero-order valence-electron chi connectivity index (χ0n) is 14.4. The van der Waals surface area contributed by atoms with Crippen molar-refractivity contribution in [2.45, 2.75) is 30.8 Å². The van der Waals surface area contributed by atoms with Crippen LogP contribution in [0.5, 0.6) is 0 Å². The van der Waals surface area contributed by atoms with Gasteiger partial charge in [0.25, 0.3) is 5.91 Å². The van der Waals surface area contributed by atoms with Crippen molar-refractivity contribution in [3.8, 4) is 0 Å². The van der Waals surface area contributed by atoms with Crippen LogP contribution in [0.4, 0.5) is 0 Å². The van der Waals surface area contributed by atoms with Gasteiger partial charge in [0, 0.05) is 38.1 Å². The molecule has 1 saturated heterocycles. The predicted octanol–water partition coefficient (Wildman–Crippen LogP) is 2.31. The average Bonchev–Trinajstić information content (AvgIpc) is 3.14. The van der Waals surface area contributed by atoms with Gasteiger partial charge in [0.1, 0.15) is 0 Å². The topological polar surface area (TPSA) is 58.6 Å². The number of hydrogen-bond donors (Lipinski definition) is 1. The second-order valence-corrected chi connectivity index (χ2v) is 7.26. The lowest BCUT2D eigenvalue weighted by Crippen LogP contribution is -2.33. The van der Waals surface area contributed by atoms with Crippen LogP contribution >= 0.6 is 11.8 Å². The number of amides is 2. The molecule has 1 aromatic carbocycles. The van der Waals surface area contributed by atoms with E-state index in [4.69, 9.17) is 4.74 Å². The van der Waals surface area contributed by atoms with Gasteiger partial charge in [-0.05, 0) is 37.5 Å². The largest absolute Gasteiger partial charge is 0.383 e. The van der Waals surface area contributed by atoms with E-state index in [9.17, 15) is 9.59 Å². The van der Waals surface area contributed by atoms with E-state index < -0.39 is 0 Å². The highest BCUT2D eigenvalue weighted by molar-refractivity contribution is 7.99. The minimum absolute atomic E-state index is 0.0258. The molecule has 0 unspecified atom stereocenters. The van der Waals surface area contributed by atoms with Crippen LogP contribution in [0.3, 0.4) is 0 Å². The second kappa shape index (κ2) is 9.69. The molecule has 1 N–H and O–H groups in total. The Labute approximate surface area is 148 Å². The maximum atomic E-state index is 12.3. The molecule has 1 heterocycles. The number of likely N-dealkylation sites (tertiary alicyclic amines) is 1. The monoisotopic (exact) mass is 350 g/mol. The van der Waals surface area contributed by atoms with Crippen molar-refractivity contribution in [1.29, 1.82) is 0 Å². The van der Waals surface area contributed by atoms with E-state index in [1.165, 1.54) is 0 Å². The van der Waals surface area contributed by atoms with Crippen molar-refractivity contribution in [1.82, 2.24) is 10.2 Å². The fraction of sp³-hybridized carbons (Fsp3) is 0.556. The van der Waals surface area contributed by atoms with Gasteiger partial charge in [-0.2, -0.15) is 0 Å². The molecule has 1 aliphatic rings. The normalized spacial score (nSPS) is 15.3. The summed E-state index contributed by atoms with van der Waals surface area (Å²) in [6.45, 7) is 4.69. The van der Waals surface area contributed by atoms with Crippen LogP contribution in [-0.2, 0) is 15.3 Å². The summed E-state index contributed by atoms with van der Waals surface area (Å²) in [5, 5.41) is 2.72. The van der Waals surface area contributed by atoms with Gasteiger partial charge in [-0.15, -0.1) is 11.8 Å². The maximum absolute atomic E-state index is 12.3. The number of carbonyl (C=O) groups excluding carboxylic acids is 2. The first-order chi connectivity index (χ1) is 11.6. The Morgan fingerprint density at radius 3 is 2.54 bits per heavy atom. The molecule has 0 spiro atoms. The van der Waals surface area contributed by atoms with Crippen LogP contribution in [-0.4, -0.2) is 55.3 Å². The molecular formula is C18H26N2O3S. The highest BCUT2D eigenvalue weighted by Gasteiger charge is 2.19. The zero-order valence-corrected chi connectivity index (χ0v) is 15.2. The first-order valence-corrected chi connectivity index (χ1v) is 9.43. The molecular weight excluding hydrogens is 324 g/mol. The molecule has 2 amide bonds. The summed E-state index contributed by atoms with van der Waals surface area (Å²) in [6.07, 6.45) is 2.20. The lowest BCUT2D eigenvalue weighted by molar-refractivity contribution is -0.120. The number of nitrogens with zero attached hydrogens (tertiary/aromatic N) is 1. The first kappa shape index (κ1) is 18.8. The van der Waals surface area contributed by atoms with Crippen molar-refractivity contribution >= 4 is 23.6 Å². The van der Waals surface area contributed by atoms with Gasteiger partial charge in [0.05, 0.1) is 11.9 Å². The Balaban J connectivity index is 1.79. The lowest BCUT2D eigenvalue weighted by atomic mass is 10.1. The smallest absolute Gasteiger partial charge is 0.253 e. The SMILES string of the molecule is COCCNC(=O)[C@@H](C)SCc1ccc(C(=O)N2CCCC2)cc1. The molecule has 132 valence electrons. The van der Waals surface area contributed by atoms with Gasteiger partial charge in [-0.3, -0.25) is 9.59 Å². The molecule has 0 bridgehead atoms. The summed E-state index contributed by atoms with van der Waals surface area (Å²) in [5.74, 6) is 0.896. The number of ether oxygens (including phenoxy) is 1. The van der Waals surface area contributed by atoms with Crippen LogP contribution in [0.2, 0.25) is 0 Å². The molecule has 0 aromatic heterocycles. The van der Waals surface area contributed by atoms with Crippen LogP contribution in [0, 0.1) is 0 Å². The second-order valence-electron chi connectivity index (χ2n) is 5.93. The number of rotatable bonds is 8. The zero-order chi connectivity index (χ0) is 17.4. The summed E-state index contributed by atoms with van der Waals surface area (Å²) >= 11 is 1.59. The molecule has 0 aliphatic carbocycles. The quantitative estimate of drug-likeness (QED) is 0.731. The van der Waals surface area contributed by atoms with E-state index in [0.717, 1.165) is 42.8 Å². The van der Waals surface area contributed by atoms with Crippen LogP contribution in [0.15, 0.2) is 24.3 Å². The molecule has 5 nitrogen and oxygen atoms in total. The van der Waals surface area contributed by atoms with Crippen LogP contribution in [0.25, 0.3) is 0 Å². The summed E-state index contributed by atoms with van der Waals surface area (Å²) in [7, 11) is 1.61. The molecule has 0 saturated carbocycles. The molecule has 1 aromatic rings. The number of carbonyl (C=O) groups is 2. The van der Waals surface area contributed by atoms with E-state index in [-0.39, 0.29) is 17.1 Å². The highest BCUT2D eigenvalue weighted by atomic mass is 32.2. The van der Waals surface area contributed by atoms with Gasteiger partial charge in [0.15, 0.2) is 0 Å². The van der Waals surface area contributed by atoms with Gasteiger partial charge < -0.3 is 15.0 Å². The van der Waals surface area contributed by atoms with Gasteiger partial charge >= 0.3 is 0 Å². The van der Waals surface area contributed by atoms with E-state index in [1.807, 2.05) is 36.1 Å². The first-order valence-electron chi connectivity index (χ1n) is 8.38. The number of benzene rings is 1. The van der Waals surface area contributed by atoms with Crippen molar-refractivity contribution in [3.05, 3.63) is 35.4 Å². The van der Waals surface area contributed by atoms with Crippen molar-refractivity contribution in [3.63, 3.8) is 0 Å². The summed E-state index contributed by atoms with van der Waals surface area (Å²) in [5.41, 5.74) is 1.87. The van der Waals surface area contributed by atoms with Gasteiger partial charge in [-0.25, -0.2) is 0 Å². The fourth-order valence-electron chi connectivity index (χ4n) is 2.56.